The molecule has 16 heteroatoms. The average molecular weight is 841 g/mol. The van der Waals surface area contributed by atoms with Crippen LogP contribution in [0.15, 0.2) is 35.9 Å². The zero-order valence-corrected chi connectivity index (χ0v) is 36.7. The molecule has 0 aromatic heterocycles. The van der Waals surface area contributed by atoms with Gasteiger partial charge in [0, 0.05) is 45.2 Å². The molecule has 1 aromatic rings. The number of methoxy groups -OCH3 is 2. The Labute approximate surface area is 344 Å². The number of carbonyl (C=O) groups excluding carboxylic acids is 5. The second kappa shape index (κ2) is 20.4. The van der Waals surface area contributed by atoms with Crippen molar-refractivity contribution in [1.82, 2.24) is 10.2 Å². The molecule has 1 saturated heterocycles. The van der Waals surface area contributed by atoms with Crippen LogP contribution in [0.5, 0.6) is 5.75 Å². The number of aliphatic hydroxyl groups is 1. The molecule has 2 aliphatic heterocycles. The van der Waals surface area contributed by atoms with E-state index in [4.69, 9.17) is 30.5 Å². The van der Waals surface area contributed by atoms with E-state index in [-0.39, 0.29) is 41.2 Å². The Balaban J connectivity index is 1.95. The third-order valence-corrected chi connectivity index (χ3v) is 13.1. The fraction of sp³-hybridized carbons (Fsp3) is 0.625. The van der Waals surface area contributed by atoms with E-state index in [2.05, 4.69) is 5.32 Å². The Morgan fingerprint density at radius 1 is 1.18 bits per heavy atom. The summed E-state index contributed by atoms with van der Waals surface area (Å²) in [4.78, 5) is 68.7. The van der Waals surface area contributed by atoms with Gasteiger partial charge >= 0.3 is 12.1 Å². The number of anilines is 1. The third-order valence-electron chi connectivity index (χ3n) is 10.1. The van der Waals surface area contributed by atoms with Crippen molar-refractivity contribution in [3.05, 3.63) is 46.5 Å². The maximum atomic E-state index is 14.1. The molecule has 0 radical (unpaired) electrons. The fourth-order valence-electron chi connectivity index (χ4n) is 6.36. The van der Waals surface area contributed by atoms with Gasteiger partial charge in [0.25, 0.3) is 0 Å². The Hall–Kier alpha value is -3.24. The first kappa shape index (κ1) is 47.1. The average Bonchev–Trinajstić information content (AvgIpc) is 3.12. The van der Waals surface area contributed by atoms with Crippen molar-refractivity contribution in [2.75, 3.05) is 39.0 Å². The molecule has 4 bridgehead atoms. The van der Waals surface area contributed by atoms with Crippen LogP contribution >= 0.6 is 33.2 Å². The number of esters is 1. The highest BCUT2D eigenvalue weighted by Gasteiger charge is 2.47. The Morgan fingerprint density at radius 2 is 1.86 bits per heavy atom. The quantitative estimate of drug-likeness (QED) is 0.154. The van der Waals surface area contributed by atoms with E-state index in [1.807, 2.05) is 47.6 Å². The van der Waals surface area contributed by atoms with Crippen LogP contribution in [0.25, 0.3) is 0 Å². The molecule has 3 rings (SSSR count). The van der Waals surface area contributed by atoms with Crippen LogP contribution in [0, 0.1) is 17.3 Å². The number of carbonyl (C=O) groups is 5. The highest BCUT2D eigenvalue weighted by molar-refractivity contribution is 8.82. The lowest BCUT2D eigenvalue weighted by atomic mass is 9.83. The van der Waals surface area contributed by atoms with E-state index in [0.29, 0.717) is 30.0 Å². The highest BCUT2D eigenvalue weighted by atomic mass is 35.5. The van der Waals surface area contributed by atoms with Crippen molar-refractivity contribution >= 4 is 67.9 Å². The third kappa shape index (κ3) is 12.6. The summed E-state index contributed by atoms with van der Waals surface area (Å²) in [5.41, 5.74) is -0.142. The summed E-state index contributed by atoms with van der Waals surface area (Å²) in [6.07, 6.45) is 2.50. The molecule has 2 N–H and O–H groups in total. The molecule has 56 heavy (non-hydrogen) atoms. The van der Waals surface area contributed by atoms with Crippen LogP contribution in [-0.4, -0.2) is 103 Å². The van der Waals surface area contributed by atoms with Gasteiger partial charge in [-0.1, -0.05) is 80.8 Å². The minimum absolute atomic E-state index is 0.000476. The summed E-state index contributed by atoms with van der Waals surface area (Å²) >= 11 is 6.76. The fourth-order valence-corrected chi connectivity index (χ4v) is 8.94. The first-order valence-corrected chi connectivity index (χ1v) is 21.3. The molecule has 0 aliphatic carbocycles. The van der Waals surface area contributed by atoms with Gasteiger partial charge in [-0.3, -0.25) is 19.7 Å². The lowest BCUT2D eigenvalue weighted by molar-refractivity contribution is -0.162. The number of amides is 3. The van der Waals surface area contributed by atoms with Crippen LogP contribution in [0.3, 0.4) is 0 Å². The van der Waals surface area contributed by atoms with E-state index in [1.54, 1.807) is 38.3 Å². The smallest absolute Gasteiger partial charge is 0.409 e. The van der Waals surface area contributed by atoms with Gasteiger partial charge in [-0.25, -0.2) is 9.59 Å². The molecule has 0 saturated carbocycles. The lowest BCUT2D eigenvalue weighted by Crippen LogP contribution is -2.63. The summed E-state index contributed by atoms with van der Waals surface area (Å²) < 4.78 is 22.9. The summed E-state index contributed by atoms with van der Waals surface area (Å²) in [6.45, 7) is 12.7. The predicted octanol–water partition coefficient (Wildman–Crippen LogP) is 6.73. The number of alkyl carbamates (subject to hydrolysis) is 1. The van der Waals surface area contributed by atoms with E-state index in [0.717, 1.165) is 21.9 Å². The van der Waals surface area contributed by atoms with E-state index in [1.165, 1.54) is 41.9 Å². The van der Waals surface area contributed by atoms with Crippen molar-refractivity contribution in [3.63, 3.8) is 0 Å². The maximum Gasteiger partial charge on any atom is 0.409 e. The van der Waals surface area contributed by atoms with E-state index in [9.17, 15) is 29.1 Å². The molecular weight excluding hydrogens is 782 g/mol. The number of halogens is 1. The van der Waals surface area contributed by atoms with E-state index < -0.39 is 59.4 Å². The van der Waals surface area contributed by atoms with Gasteiger partial charge in [-0.05, 0) is 67.0 Å². The van der Waals surface area contributed by atoms with Gasteiger partial charge in [-0.15, -0.1) is 0 Å². The second-order valence-electron chi connectivity index (χ2n) is 15.8. The van der Waals surface area contributed by atoms with Crippen LogP contribution in [0.2, 0.25) is 5.02 Å². The zero-order valence-electron chi connectivity index (χ0n) is 34.3. The molecule has 2 aliphatic rings. The molecule has 312 valence electrons. The van der Waals surface area contributed by atoms with Gasteiger partial charge < -0.3 is 33.9 Å². The number of hydrogen-bond donors (Lipinski definition) is 2. The molecule has 0 unspecified atom stereocenters. The molecule has 3 amide bonds. The topological polar surface area (TPSA) is 161 Å². The minimum atomic E-state index is -1.79. The number of nitrogens with zero attached hydrogens (tertiary/aromatic N) is 2. The number of hydrogen-bond acceptors (Lipinski definition) is 12. The number of likely N-dealkylation sites (N-methyl/N-ethyl adjacent to an activating group) is 1. The van der Waals surface area contributed by atoms with E-state index >= 15 is 0 Å². The van der Waals surface area contributed by atoms with Gasteiger partial charge in [0.15, 0.2) is 5.72 Å². The number of allylic oxidation sites excluding steroid dienone is 3. The minimum Gasteiger partial charge on any atom is -0.495 e. The van der Waals surface area contributed by atoms with Gasteiger partial charge in [0.05, 0.1) is 19.2 Å². The largest absolute Gasteiger partial charge is 0.495 e. The first-order chi connectivity index (χ1) is 26.1. The van der Waals surface area contributed by atoms with Crippen molar-refractivity contribution in [1.29, 1.82) is 0 Å². The van der Waals surface area contributed by atoms with Crippen LogP contribution in [0.1, 0.15) is 79.7 Å². The maximum absolute atomic E-state index is 14.1. The van der Waals surface area contributed by atoms with Gasteiger partial charge in [-0.2, -0.15) is 0 Å². The van der Waals surface area contributed by atoms with Crippen molar-refractivity contribution in [2.24, 2.45) is 17.3 Å². The number of nitrogens with one attached hydrogen (secondary N) is 1. The normalized spacial score (nSPS) is 27.2. The SMILES string of the molecule is COc1cc2cc(c1Cl)N(C)C(=O)C[C@H](OC(=O)[C@H](C)N(C)C(=O)CCSSC(=O)C(C)(C)C)[C@@H](C)C[C@H](C)[C@@H]1C[C@@](O)(NC(=O)O1)[C@H](OC)/C=C/C=C(\C)C2. The van der Waals surface area contributed by atoms with Crippen LogP contribution in [0.4, 0.5) is 10.5 Å². The van der Waals surface area contributed by atoms with Crippen LogP contribution < -0.4 is 15.0 Å². The monoisotopic (exact) mass is 839 g/mol. The number of ether oxygens (including phenoxy) is 4. The molecule has 7 atom stereocenters. The zero-order chi connectivity index (χ0) is 42.1. The van der Waals surface area contributed by atoms with Crippen LogP contribution in [-0.2, 0) is 39.8 Å². The number of rotatable bonds is 9. The van der Waals surface area contributed by atoms with Gasteiger partial charge in [0.2, 0.25) is 16.9 Å². The molecular formula is C40H58ClN3O10S2. The molecule has 0 spiro atoms. The Bertz CT molecular complexity index is 1670. The first-order valence-electron chi connectivity index (χ1n) is 18.6. The summed E-state index contributed by atoms with van der Waals surface area (Å²) in [5, 5.41) is 14.5. The molecule has 1 aromatic carbocycles. The standard InChI is InChI=1S/C40H58ClN3O10S2/c1-23-13-12-14-32(52-11)40(50)22-31(54-38(49)42-40)25(3)18-24(2)29(21-34(46)44(9)28-19-27(17-23)20-30(51-10)35(28)41)53-36(47)26(4)43(8)33(45)15-16-55-56-37(48)39(5,6)7/h12-14,19-20,24-26,29,31-32,50H,15-18,21-22H2,1-11H3,(H,42,49)/b14-12+,23-13+/t24-,25-,26-,29-,31-,32+,40-/m0/s1. The molecule has 1 fully saturated rings. The predicted molar refractivity (Wildman–Crippen MR) is 221 cm³/mol. The van der Waals surface area contributed by atoms with Gasteiger partial charge in [0.1, 0.15) is 35.1 Å². The summed E-state index contributed by atoms with van der Waals surface area (Å²) in [6, 6.07) is 2.61. The molecule has 2 heterocycles. The summed E-state index contributed by atoms with van der Waals surface area (Å²) in [7, 11) is 8.42. The molecule has 13 nitrogen and oxygen atoms in total. The lowest BCUT2D eigenvalue weighted by Gasteiger charge is -2.42. The highest BCUT2D eigenvalue weighted by Crippen LogP contribution is 2.38. The number of fused-ring (bicyclic) bond motifs is 4. The number of benzene rings is 1. The Morgan fingerprint density at radius 3 is 2.48 bits per heavy atom. The van der Waals surface area contributed by atoms with Crippen molar-refractivity contribution in [2.45, 2.75) is 111 Å². The van der Waals surface area contributed by atoms with Crippen molar-refractivity contribution in [3.8, 4) is 5.75 Å². The van der Waals surface area contributed by atoms with Crippen molar-refractivity contribution < 1.29 is 48.0 Å². The second-order valence-corrected chi connectivity index (χ2v) is 18.5. The summed E-state index contributed by atoms with van der Waals surface area (Å²) in [5.74, 6) is -1.47. The Kier molecular flexibility index (Phi) is 17.2.